The highest BCUT2D eigenvalue weighted by Gasteiger charge is 2.13. The average molecular weight is 356 g/mol. The highest BCUT2D eigenvalue weighted by molar-refractivity contribution is 6.04. The standard InChI is InChI=1S/C20H24N2O4/c1-24-18-7-6-17(13-19(18)25-2)21-20(23)16-5-3-4-15(12-16)14-22-8-10-26-11-9-22/h3-7,12-13H,8-11,14H2,1-2H3,(H,21,23). The second-order valence-corrected chi connectivity index (χ2v) is 6.11. The summed E-state index contributed by atoms with van der Waals surface area (Å²) in [5.41, 5.74) is 2.41. The summed E-state index contributed by atoms with van der Waals surface area (Å²) in [6.45, 7) is 4.18. The molecule has 1 heterocycles. The molecule has 0 bridgehead atoms. The van der Waals surface area contributed by atoms with Crippen molar-refractivity contribution in [2.75, 3.05) is 45.8 Å². The van der Waals surface area contributed by atoms with Crippen LogP contribution in [-0.4, -0.2) is 51.3 Å². The Hall–Kier alpha value is -2.57. The zero-order valence-corrected chi connectivity index (χ0v) is 15.2. The SMILES string of the molecule is COc1ccc(NC(=O)c2cccc(CN3CCOCC3)c2)cc1OC. The minimum absolute atomic E-state index is 0.152. The third kappa shape index (κ3) is 4.53. The Bertz CT molecular complexity index is 757. The molecule has 6 heteroatoms. The number of nitrogens with zero attached hydrogens (tertiary/aromatic N) is 1. The van der Waals surface area contributed by atoms with Gasteiger partial charge in [0.2, 0.25) is 0 Å². The number of hydrogen-bond acceptors (Lipinski definition) is 5. The summed E-state index contributed by atoms with van der Waals surface area (Å²) in [5.74, 6) is 1.05. The number of benzene rings is 2. The summed E-state index contributed by atoms with van der Waals surface area (Å²) in [6, 6.07) is 13.0. The van der Waals surface area contributed by atoms with E-state index in [4.69, 9.17) is 14.2 Å². The van der Waals surface area contributed by atoms with Gasteiger partial charge in [0.15, 0.2) is 11.5 Å². The number of morpholine rings is 1. The van der Waals surface area contributed by atoms with E-state index in [1.807, 2.05) is 24.3 Å². The molecular weight excluding hydrogens is 332 g/mol. The van der Waals surface area contributed by atoms with Gasteiger partial charge in [0, 0.05) is 37.0 Å². The van der Waals surface area contributed by atoms with Gasteiger partial charge in [-0.05, 0) is 29.8 Å². The van der Waals surface area contributed by atoms with Crippen LogP contribution >= 0.6 is 0 Å². The number of carbonyl (C=O) groups excluding carboxylic acids is 1. The minimum atomic E-state index is -0.152. The predicted molar refractivity (Wildman–Crippen MR) is 100 cm³/mol. The third-order valence-electron chi connectivity index (χ3n) is 4.34. The van der Waals surface area contributed by atoms with Crippen LogP contribution in [0.15, 0.2) is 42.5 Å². The average Bonchev–Trinajstić information content (AvgIpc) is 2.69. The molecule has 1 N–H and O–H groups in total. The summed E-state index contributed by atoms with van der Waals surface area (Å²) < 4.78 is 15.9. The van der Waals surface area contributed by atoms with Crippen LogP contribution in [0.2, 0.25) is 0 Å². The molecule has 0 atom stereocenters. The van der Waals surface area contributed by atoms with E-state index in [9.17, 15) is 4.79 Å². The first kappa shape index (κ1) is 18.2. The molecule has 2 aromatic carbocycles. The van der Waals surface area contributed by atoms with Gasteiger partial charge >= 0.3 is 0 Å². The molecule has 1 fully saturated rings. The summed E-state index contributed by atoms with van der Waals surface area (Å²) in [7, 11) is 3.15. The Kier molecular flexibility index (Phi) is 6.09. The second-order valence-electron chi connectivity index (χ2n) is 6.11. The number of amides is 1. The largest absolute Gasteiger partial charge is 0.493 e. The molecular formula is C20H24N2O4. The number of methoxy groups -OCH3 is 2. The number of hydrogen-bond donors (Lipinski definition) is 1. The van der Waals surface area contributed by atoms with Crippen molar-refractivity contribution in [3.8, 4) is 11.5 Å². The van der Waals surface area contributed by atoms with Gasteiger partial charge in [0.05, 0.1) is 27.4 Å². The molecule has 6 nitrogen and oxygen atoms in total. The minimum Gasteiger partial charge on any atom is -0.493 e. The summed E-state index contributed by atoms with van der Waals surface area (Å²) in [6.07, 6.45) is 0. The molecule has 0 saturated carbocycles. The van der Waals surface area contributed by atoms with Gasteiger partial charge in [0.25, 0.3) is 5.91 Å². The van der Waals surface area contributed by atoms with Gasteiger partial charge in [0.1, 0.15) is 0 Å². The highest BCUT2D eigenvalue weighted by atomic mass is 16.5. The van der Waals surface area contributed by atoms with Crippen LogP contribution in [0.25, 0.3) is 0 Å². The monoisotopic (exact) mass is 356 g/mol. The zero-order chi connectivity index (χ0) is 18.4. The van der Waals surface area contributed by atoms with Crippen LogP contribution in [0.5, 0.6) is 11.5 Å². The zero-order valence-electron chi connectivity index (χ0n) is 15.2. The molecule has 0 unspecified atom stereocenters. The van der Waals surface area contributed by atoms with E-state index >= 15 is 0 Å². The fraction of sp³-hybridized carbons (Fsp3) is 0.350. The molecule has 2 aromatic rings. The Balaban J connectivity index is 1.68. The number of anilines is 1. The normalized spacial score (nSPS) is 14.7. The Morgan fingerprint density at radius 2 is 1.85 bits per heavy atom. The molecule has 3 rings (SSSR count). The molecule has 0 radical (unpaired) electrons. The van der Waals surface area contributed by atoms with Crippen molar-refractivity contribution in [3.63, 3.8) is 0 Å². The number of nitrogens with one attached hydrogen (secondary N) is 1. The number of carbonyl (C=O) groups is 1. The van der Waals surface area contributed by atoms with E-state index in [1.54, 1.807) is 32.4 Å². The van der Waals surface area contributed by atoms with Gasteiger partial charge < -0.3 is 19.5 Å². The molecule has 0 spiro atoms. The van der Waals surface area contributed by atoms with Crippen LogP contribution in [0.4, 0.5) is 5.69 Å². The van der Waals surface area contributed by atoms with Crippen molar-refractivity contribution in [2.24, 2.45) is 0 Å². The molecule has 0 aliphatic carbocycles. The lowest BCUT2D eigenvalue weighted by Crippen LogP contribution is -2.35. The van der Waals surface area contributed by atoms with Gasteiger partial charge in [-0.3, -0.25) is 9.69 Å². The van der Waals surface area contributed by atoms with Crippen LogP contribution in [0, 0.1) is 0 Å². The molecule has 0 aromatic heterocycles. The maximum absolute atomic E-state index is 12.6. The molecule has 1 saturated heterocycles. The maximum atomic E-state index is 12.6. The van der Waals surface area contributed by atoms with Gasteiger partial charge in [-0.15, -0.1) is 0 Å². The van der Waals surface area contributed by atoms with Gasteiger partial charge in [-0.2, -0.15) is 0 Å². The van der Waals surface area contributed by atoms with E-state index in [0.717, 1.165) is 38.4 Å². The first-order valence-corrected chi connectivity index (χ1v) is 8.62. The van der Waals surface area contributed by atoms with Crippen LogP contribution in [0.1, 0.15) is 15.9 Å². The number of ether oxygens (including phenoxy) is 3. The van der Waals surface area contributed by atoms with E-state index in [-0.39, 0.29) is 5.91 Å². The summed E-state index contributed by atoms with van der Waals surface area (Å²) in [4.78, 5) is 14.9. The van der Waals surface area contributed by atoms with Gasteiger partial charge in [-0.25, -0.2) is 0 Å². The van der Waals surface area contributed by atoms with Crippen molar-refractivity contribution in [1.82, 2.24) is 4.90 Å². The lowest BCUT2D eigenvalue weighted by molar-refractivity contribution is 0.0342. The lowest BCUT2D eigenvalue weighted by Gasteiger charge is -2.26. The highest BCUT2D eigenvalue weighted by Crippen LogP contribution is 2.29. The lowest BCUT2D eigenvalue weighted by atomic mass is 10.1. The van der Waals surface area contributed by atoms with Crippen LogP contribution < -0.4 is 14.8 Å². The summed E-state index contributed by atoms with van der Waals surface area (Å²) >= 11 is 0. The van der Waals surface area contributed by atoms with E-state index in [2.05, 4.69) is 10.2 Å². The van der Waals surface area contributed by atoms with Crippen molar-refractivity contribution in [1.29, 1.82) is 0 Å². The Morgan fingerprint density at radius 3 is 2.58 bits per heavy atom. The molecule has 1 amide bonds. The molecule has 26 heavy (non-hydrogen) atoms. The molecule has 1 aliphatic rings. The quantitative estimate of drug-likeness (QED) is 0.862. The smallest absolute Gasteiger partial charge is 0.255 e. The van der Waals surface area contributed by atoms with E-state index in [0.29, 0.717) is 22.7 Å². The first-order chi connectivity index (χ1) is 12.7. The summed E-state index contributed by atoms with van der Waals surface area (Å²) in [5, 5.41) is 2.91. The van der Waals surface area contributed by atoms with Crippen LogP contribution in [0.3, 0.4) is 0 Å². The Morgan fingerprint density at radius 1 is 1.08 bits per heavy atom. The maximum Gasteiger partial charge on any atom is 0.255 e. The van der Waals surface area contributed by atoms with Crippen LogP contribution in [-0.2, 0) is 11.3 Å². The van der Waals surface area contributed by atoms with Crippen molar-refractivity contribution < 1.29 is 19.0 Å². The van der Waals surface area contributed by atoms with Crippen molar-refractivity contribution in [3.05, 3.63) is 53.6 Å². The van der Waals surface area contributed by atoms with Gasteiger partial charge in [-0.1, -0.05) is 12.1 Å². The predicted octanol–water partition coefficient (Wildman–Crippen LogP) is 2.79. The molecule has 138 valence electrons. The Labute approximate surface area is 153 Å². The fourth-order valence-electron chi connectivity index (χ4n) is 2.95. The number of rotatable bonds is 6. The van der Waals surface area contributed by atoms with E-state index < -0.39 is 0 Å². The van der Waals surface area contributed by atoms with Crippen molar-refractivity contribution >= 4 is 11.6 Å². The first-order valence-electron chi connectivity index (χ1n) is 8.62. The second kappa shape index (κ2) is 8.69. The van der Waals surface area contributed by atoms with Crippen molar-refractivity contribution in [2.45, 2.75) is 6.54 Å². The van der Waals surface area contributed by atoms with E-state index in [1.165, 1.54) is 0 Å². The third-order valence-corrected chi connectivity index (χ3v) is 4.34. The topological polar surface area (TPSA) is 60.0 Å². The molecule has 1 aliphatic heterocycles. The fourth-order valence-corrected chi connectivity index (χ4v) is 2.95.